The molecule has 0 unspecified atom stereocenters. The predicted molar refractivity (Wildman–Crippen MR) is 148 cm³/mol. The number of aromatic nitrogens is 2. The molecule has 3 rings (SSSR count). The highest BCUT2D eigenvalue weighted by molar-refractivity contribution is 5.69. The van der Waals surface area contributed by atoms with Crippen LogP contribution in [-0.2, 0) is 12.8 Å². The lowest BCUT2D eigenvalue weighted by Crippen LogP contribution is -1.88. The van der Waals surface area contributed by atoms with Crippen molar-refractivity contribution in [2.24, 2.45) is 0 Å². The number of aryl methyl sites for hydroxylation is 2. The maximum atomic E-state index is 4.54. The molecule has 178 valence electrons. The minimum absolute atomic E-state index is 0.869. The summed E-state index contributed by atoms with van der Waals surface area (Å²) >= 11 is 0. The van der Waals surface area contributed by atoms with E-state index >= 15 is 0 Å². The summed E-state index contributed by atoms with van der Waals surface area (Å²) < 4.78 is 0. The van der Waals surface area contributed by atoms with Crippen LogP contribution in [0.25, 0.3) is 24.3 Å². The number of hydrogen-bond acceptors (Lipinski definition) is 2. The third-order valence-corrected chi connectivity index (χ3v) is 6.18. The molecule has 3 aromatic rings. The van der Waals surface area contributed by atoms with Gasteiger partial charge in [0, 0.05) is 0 Å². The van der Waals surface area contributed by atoms with Gasteiger partial charge in [0.25, 0.3) is 0 Å². The Morgan fingerprint density at radius 2 is 0.912 bits per heavy atom. The second-order valence-corrected chi connectivity index (χ2v) is 9.14. The van der Waals surface area contributed by atoms with Gasteiger partial charge in [-0.15, -0.1) is 0 Å². The van der Waals surface area contributed by atoms with Gasteiger partial charge in [-0.2, -0.15) is 0 Å². The third-order valence-electron chi connectivity index (χ3n) is 6.18. The first kappa shape index (κ1) is 25.6. The smallest absolute Gasteiger partial charge is 0.0813 e. The van der Waals surface area contributed by atoms with E-state index in [2.05, 4.69) is 84.5 Å². The quantitative estimate of drug-likeness (QED) is 0.228. The highest BCUT2D eigenvalue weighted by atomic mass is 14.8. The Morgan fingerprint density at radius 1 is 0.500 bits per heavy atom. The molecule has 1 heterocycles. The lowest BCUT2D eigenvalue weighted by Gasteiger charge is -2.02. The van der Waals surface area contributed by atoms with E-state index in [-0.39, 0.29) is 0 Å². The van der Waals surface area contributed by atoms with Crippen LogP contribution >= 0.6 is 0 Å². The Bertz CT molecular complexity index is 912. The standard InChI is InChI=1S/C32H40N2/c1-3-5-7-9-11-27-13-17-29(18-14-27)21-23-31-25-34-32(26-33-31)24-22-30-19-15-28(16-20-30)12-10-8-6-4-2/h13-26H,3-12H2,1-2H3. The summed E-state index contributed by atoms with van der Waals surface area (Å²) in [5.74, 6) is 0. The summed E-state index contributed by atoms with van der Waals surface area (Å²) in [5.41, 5.74) is 6.96. The zero-order valence-corrected chi connectivity index (χ0v) is 21.0. The van der Waals surface area contributed by atoms with E-state index < -0.39 is 0 Å². The minimum atomic E-state index is 0.869. The average molecular weight is 453 g/mol. The average Bonchev–Trinajstić information content (AvgIpc) is 2.89. The van der Waals surface area contributed by atoms with Crippen LogP contribution in [0.1, 0.15) is 98.9 Å². The Labute approximate surface area is 206 Å². The number of nitrogens with zero attached hydrogens (tertiary/aromatic N) is 2. The first-order valence-corrected chi connectivity index (χ1v) is 13.1. The summed E-state index contributed by atoms with van der Waals surface area (Å²) in [6, 6.07) is 17.7. The highest BCUT2D eigenvalue weighted by Gasteiger charge is 1.97. The van der Waals surface area contributed by atoms with Crippen molar-refractivity contribution in [2.75, 3.05) is 0 Å². The number of unbranched alkanes of at least 4 members (excludes halogenated alkanes) is 6. The molecule has 0 radical (unpaired) electrons. The highest BCUT2D eigenvalue weighted by Crippen LogP contribution is 2.14. The first-order valence-electron chi connectivity index (χ1n) is 13.1. The molecule has 0 N–H and O–H groups in total. The molecule has 0 saturated heterocycles. The van der Waals surface area contributed by atoms with E-state index in [1.165, 1.54) is 86.5 Å². The van der Waals surface area contributed by atoms with E-state index in [1.54, 1.807) is 0 Å². The van der Waals surface area contributed by atoms with Crippen molar-refractivity contribution in [3.63, 3.8) is 0 Å². The van der Waals surface area contributed by atoms with Gasteiger partial charge < -0.3 is 0 Å². The fraction of sp³-hybridized carbons (Fsp3) is 0.375. The van der Waals surface area contributed by atoms with Crippen LogP contribution in [0, 0.1) is 0 Å². The monoisotopic (exact) mass is 452 g/mol. The molecule has 0 spiro atoms. The fourth-order valence-electron chi connectivity index (χ4n) is 3.99. The number of rotatable bonds is 14. The number of hydrogen-bond donors (Lipinski definition) is 0. The lowest BCUT2D eigenvalue weighted by molar-refractivity contribution is 0.667. The molecule has 0 aliphatic rings. The van der Waals surface area contributed by atoms with E-state index in [4.69, 9.17) is 0 Å². The van der Waals surface area contributed by atoms with Crippen molar-refractivity contribution in [3.05, 3.63) is 94.6 Å². The van der Waals surface area contributed by atoms with Crippen LogP contribution in [0.5, 0.6) is 0 Å². The normalized spacial score (nSPS) is 11.6. The zero-order chi connectivity index (χ0) is 23.8. The van der Waals surface area contributed by atoms with Gasteiger partial charge in [0.2, 0.25) is 0 Å². The molecule has 1 aromatic heterocycles. The van der Waals surface area contributed by atoms with Gasteiger partial charge in [0.05, 0.1) is 23.8 Å². The summed E-state index contributed by atoms with van der Waals surface area (Å²) in [4.78, 5) is 9.09. The van der Waals surface area contributed by atoms with Crippen LogP contribution in [0.4, 0.5) is 0 Å². The fourth-order valence-corrected chi connectivity index (χ4v) is 3.99. The zero-order valence-electron chi connectivity index (χ0n) is 21.0. The van der Waals surface area contributed by atoms with Gasteiger partial charge in [-0.25, -0.2) is 0 Å². The van der Waals surface area contributed by atoms with Crippen LogP contribution in [0.2, 0.25) is 0 Å². The Kier molecular flexibility index (Phi) is 11.3. The summed E-state index contributed by atoms with van der Waals surface area (Å²) in [5, 5.41) is 0. The van der Waals surface area contributed by atoms with Crippen molar-refractivity contribution >= 4 is 24.3 Å². The van der Waals surface area contributed by atoms with E-state index in [9.17, 15) is 0 Å². The molecule has 2 aromatic carbocycles. The van der Waals surface area contributed by atoms with Gasteiger partial charge in [0.1, 0.15) is 0 Å². The molecule has 0 bridgehead atoms. The molecule has 0 fully saturated rings. The molecule has 0 amide bonds. The largest absolute Gasteiger partial charge is 0.253 e. The molecular formula is C32H40N2. The van der Waals surface area contributed by atoms with Crippen molar-refractivity contribution in [1.82, 2.24) is 9.97 Å². The van der Waals surface area contributed by atoms with Crippen molar-refractivity contribution < 1.29 is 0 Å². The Morgan fingerprint density at radius 3 is 1.26 bits per heavy atom. The third kappa shape index (κ3) is 9.47. The summed E-state index contributed by atoms with van der Waals surface area (Å²) in [6.07, 6.45) is 24.7. The van der Waals surface area contributed by atoms with Crippen molar-refractivity contribution in [1.29, 1.82) is 0 Å². The van der Waals surface area contributed by atoms with Gasteiger partial charge in [-0.1, -0.05) is 113 Å². The maximum absolute atomic E-state index is 4.54. The molecular weight excluding hydrogens is 412 g/mol. The van der Waals surface area contributed by atoms with Gasteiger partial charge in [0.15, 0.2) is 0 Å². The Balaban J connectivity index is 1.47. The summed E-state index contributed by atoms with van der Waals surface area (Å²) in [6.45, 7) is 4.51. The van der Waals surface area contributed by atoms with Crippen molar-refractivity contribution in [3.8, 4) is 0 Å². The number of benzene rings is 2. The van der Waals surface area contributed by atoms with Gasteiger partial charge in [-0.3, -0.25) is 9.97 Å². The van der Waals surface area contributed by atoms with Crippen LogP contribution in [-0.4, -0.2) is 9.97 Å². The minimum Gasteiger partial charge on any atom is -0.253 e. The SMILES string of the molecule is CCCCCCc1ccc(C=Cc2cnc(C=Cc3ccc(CCCCCC)cc3)cn2)cc1. The second kappa shape index (κ2) is 15.0. The van der Waals surface area contributed by atoms with E-state index in [0.29, 0.717) is 0 Å². The molecule has 0 saturated carbocycles. The van der Waals surface area contributed by atoms with Gasteiger partial charge >= 0.3 is 0 Å². The van der Waals surface area contributed by atoms with Gasteiger partial charge in [-0.05, 0) is 60.1 Å². The van der Waals surface area contributed by atoms with Crippen LogP contribution < -0.4 is 0 Å². The van der Waals surface area contributed by atoms with Crippen LogP contribution in [0.15, 0.2) is 60.9 Å². The molecule has 2 heteroatoms. The van der Waals surface area contributed by atoms with E-state index in [0.717, 1.165) is 11.4 Å². The van der Waals surface area contributed by atoms with E-state index in [1.807, 2.05) is 24.5 Å². The van der Waals surface area contributed by atoms with Crippen LogP contribution in [0.3, 0.4) is 0 Å². The first-order chi connectivity index (χ1) is 16.8. The van der Waals surface area contributed by atoms with Crippen molar-refractivity contribution in [2.45, 2.75) is 78.1 Å². The molecule has 34 heavy (non-hydrogen) atoms. The lowest BCUT2D eigenvalue weighted by atomic mass is 10.0. The summed E-state index contributed by atoms with van der Waals surface area (Å²) in [7, 11) is 0. The Hall–Kier alpha value is -3.00. The molecule has 2 nitrogen and oxygen atoms in total. The second-order valence-electron chi connectivity index (χ2n) is 9.14. The molecule has 0 aliphatic heterocycles. The molecule has 0 atom stereocenters. The topological polar surface area (TPSA) is 25.8 Å². The predicted octanol–water partition coefficient (Wildman–Crippen LogP) is 9.06. The maximum Gasteiger partial charge on any atom is 0.0813 e. The molecule has 0 aliphatic carbocycles.